The summed E-state index contributed by atoms with van der Waals surface area (Å²) in [6.07, 6.45) is 9.54. The topological polar surface area (TPSA) is 77.8 Å². The van der Waals surface area contributed by atoms with Crippen molar-refractivity contribution in [3.8, 4) is 0 Å². The number of rotatable bonds is 2. The molecule has 0 heterocycles. The highest BCUT2D eigenvalue weighted by molar-refractivity contribution is 5.76. The third-order valence-corrected chi connectivity index (χ3v) is 9.52. The molecule has 0 radical (unpaired) electrons. The molecule has 3 N–H and O–H groups in total. The predicted octanol–water partition coefficient (Wildman–Crippen LogP) is 4.11. The summed E-state index contributed by atoms with van der Waals surface area (Å²) in [5.41, 5.74) is 0.616. The summed E-state index contributed by atoms with van der Waals surface area (Å²) in [6.45, 7) is 6.64. The minimum atomic E-state index is -1.55. The van der Waals surface area contributed by atoms with Crippen LogP contribution in [-0.4, -0.2) is 27.1 Å². The third kappa shape index (κ3) is 2.18. The molecule has 0 spiro atoms. The molecular weight excluding hydrogens is 328 g/mol. The first kappa shape index (κ1) is 18.5. The SMILES string of the molecule is CC[C@]1(C(=O)O)CC[C@H]2[C@@H]3CC=C4CC(O)(O)CC[C@]4(C)[C@H]3CC[C@@]21C. The fraction of sp³-hybridized carbons (Fsp3) is 0.864. The van der Waals surface area contributed by atoms with Gasteiger partial charge in [0.05, 0.1) is 5.41 Å². The van der Waals surface area contributed by atoms with E-state index in [1.165, 1.54) is 5.57 Å². The van der Waals surface area contributed by atoms with Gasteiger partial charge in [-0.1, -0.05) is 32.4 Å². The molecule has 146 valence electrons. The highest BCUT2D eigenvalue weighted by atomic mass is 16.5. The van der Waals surface area contributed by atoms with Gasteiger partial charge in [0.15, 0.2) is 5.79 Å². The Labute approximate surface area is 156 Å². The maximum absolute atomic E-state index is 12.3. The maximum Gasteiger partial charge on any atom is 0.310 e. The number of fused-ring (bicyclic) bond motifs is 5. The molecule has 4 nitrogen and oxygen atoms in total. The lowest BCUT2D eigenvalue weighted by Crippen LogP contribution is -2.55. The summed E-state index contributed by atoms with van der Waals surface area (Å²) in [5, 5.41) is 30.3. The zero-order valence-electron chi connectivity index (χ0n) is 16.4. The van der Waals surface area contributed by atoms with Crippen molar-refractivity contribution < 1.29 is 20.1 Å². The molecule has 0 unspecified atom stereocenters. The molecule has 4 aliphatic rings. The van der Waals surface area contributed by atoms with Crippen molar-refractivity contribution in [1.82, 2.24) is 0 Å². The minimum absolute atomic E-state index is 0.0555. The first-order chi connectivity index (χ1) is 12.1. The van der Waals surface area contributed by atoms with Crippen LogP contribution in [0.15, 0.2) is 11.6 Å². The summed E-state index contributed by atoms with van der Waals surface area (Å²) in [6, 6.07) is 0. The van der Waals surface area contributed by atoms with Gasteiger partial charge < -0.3 is 15.3 Å². The monoisotopic (exact) mass is 362 g/mol. The molecular formula is C22H34O4. The molecule has 0 aliphatic heterocycles. The van der Waals surface area contributed by atoms with Gasteiger partial charge in [0.2, 0.25) is 0 Å². The second kappa shape index (κ2) is 5.57. The molecule has 0 aromatic heterocycles. The quantitative estimate of drug-likeness (QED) is 0.510. The number of allylic oxidation sites excluding steroid dienone is 1. The minimum Gasteiger partial charge on any atom is -0.481 e. The summed E-state index contributed by atoms with van der Waals surface area (Å²) in [4.78, 5) is 12.3. The summed E-state index contributed by atoms with van der Waals surface area (Å²) in [5.74, 6) is -0.570. The lowest BCUT2D eigenvalue weighted by molar-refractivity contribution is -0.191. The van der Waals surface area contributed by atoms with Crippen LogP contribution in [0.5, 0.6) is 0 Å². The Bertz CT molecular complexity index is 653. The molecule has 4 rings (SSSR count). The average Bonchev–Trinajstić information content (AvgIpc) is 2.89. The predicted molar refractivity (Wildman–Crippen MR) is 99.2 cm³/mol. The first-order valence-corrected chi connectivity index (χ1v) is 10.5. The lowest BCUT2D eigenvalue weighted by atomic mass is 9.45. The maximum atomic E-state index is 12.3. The summed E-state index contributed by atoms with van der Waals surface area (Å²) < 4.78 is 0. The van der Waals surface area contributed by atoms with Gasteiger partial charge in [-0.05, 0) is 73.5 Å². The van der Waals surface area contributed by atoms with E-state index in [1.807, 2.05) is 0 Å². The average molecular weight is 363 g/mol. The van der Waals surface area contributed by atoms with E-state index in [1.54, 1.807) is 0 Å². The van der Waals surface area contributed by atoms with E-state index in [9.17, 15) is 20.1 Å². The zero-order valence-corrected chi connectivity index (χ0v) is 16.4. The third-order valence-electron chi connectivity index (χ3n) is 9.52. The number of carboxylic acids is 1. The normalized spacial score (nSPS) is 49.6. The van der Waals surface area contributed by atoms with E-state index in [0.29, 0.717) is 30.6 Å². The Balaban J connectivity index is 1.69. The fourth-order valence-electron chi connectivity index (χ4n) is 7.85. The van der Waals surface area contributed by atoms with Gasteiger partial charge in [0, 0.05) is 12.8 Å². The van der Waals surface area contributed by atoms with Crippen LogP contribution in [0.2, 0.25) is 0 Å². The van der Waals surface area contributed by atoms with Crippen molar-refractivity contribution in [2.75, 3.05) is 0 Å². The van der Waals surface area contributed by atoms with Gasteiger partial charge >= 0.3 is 5.97 Å². The van der Waals surface area contributed by atoms with Crippen LogP contribution in [0.4, 0.5) is 0 Å². The van der Waals surface area contributed by atoms with Gasteiger partial charge in [-0.2, -0.15) is 0 Å². The highest BCUT2D eigenvalue weighted by Crippen LogP contribution is 2.70. The lowest BCUT2D eigenvalue weighted by Gasteiger charge is -2.59. The van der Waals surface area contributed by atoms with Crippen LogP contribution in [0.25, 0.3) is 0 Å². The number of carbonyl (C=O) groups is 1. The zero-order chi connectivity index (χ0) is 19.0. The van der Waals surface area contributed by atoms with Crippen molar-refractivity contribution >= 4 is 5.97 Å². The van der Waals surface area contributed by atoms with Gasteiger partial charge in [-0.3, -0.25) is 4.79 Å². The van der Waals surface area contributed by atoms with Crippen LogP contribution in [0, 0.1) is 34.0 Å². The van der Waals surface area contributed by atoms with Crippen molar-refractivity contribution in [3.05, 3.63) is 11.6 Å². The van der Waals surface area contributed by atoms with Crippen LogP contribution in [0.3, 0.4) is 0 Å². The largest absolute Gasteiger partial charge is 0.481 e. The van der Waals surface area contributed by atoms with Gasteiger partial charge in [-0.15, -0.1) is 0 Å². The number of hydrogen-bond donors (Lipinski definition) is 3. The second-order valence-electron chi connectivity index (χ2n) is 10.2. The standard InChI is InChI=1S/C22H34O4/c1-4-21(18(23)24)10-8-17-15-6-5-14-13-22(25,26)12-11-19(14,2)16(15)7-9-20(17,21)3/h5,15-17,25-26H,4,6-13H2,1-3H3,(H,23,24)/t15-,16+,17+,19+,20+,21-/m1/s1. The van der Waals surface area contributed by atoms with E-state index < -0.39 is 17.2 Å². The smallest absolute Gasteiger partial charge is 0.310 e. The molecule has 4 heteroatoms. The van der Waals surface area contributed by atoms with Gasteiger partial charge in [0.25, 0.3) is 0 Å². The molecule has 0 bridgehead atoms. The molecule has 3 fully saturated rings. The van der Waals surface area contributed by atoms with Crippen molar-refractivity contribution in [1.29, 1.82) is 0 Å². The Morgan fingerprint density at radius 2 is 1.81 bits per heavy atom. The van der Waals surface area contributed by atoms with E-state index in [0.717, 1.165) is 44.9 Å². The van der Waals surface area contributed by atoms with Crippen LogP contribution >= 0.6 is 0 Å². The Kier molecular flexibility index (Phi) is 3.96. The van der Waals surface area contributed by atoms with Gasteiger partial charge in [0.1, 0.15) is 0 Å². The second-order valence-corrected chi connectivity index (χ2v) is 10.2. The Morgan fingerprint density at radius 3 is 2.46 bits per heavy atom. The molecule has 6 atom stereocenters. The van der Waals surface area contributed by atoms with Crippen LogP contribution in [0.1, 0.15) is 78.6 Å². The number of aliphatic hydroxyl groups is 2. The molecule has 0 aromatic rings. The molecule has 3 saturated carbocycles. The number of carboxylic acid groups (broad SMARTS) is 1. The van der Waals surface area contributed by atoms with Crippen LogP contribution in [-0.2, 0) is 4.79 Å². The van der Waals surface area contributed by atoms with E-state index in [-0.39, 0.29) is 10.8 Å². The molecule has 0 amide bonds. The number of hydrogen-bond acceptors (Lipinski definition) is 3. The van der Waals surface area contributed by atoms with Crippen molar-refractivity contribution in [2.24, 2.45) is 34.0 Å². The Hall–Kier alpha value is -0.870. The first-order valence-electron chi connectivity index (χ1n) is 10.5. The van der Waals surface area contributed by atoms with Crippen LogP contribution < -0.4 is 0 Å². The molecule has 26 heavy (non-hydrogen) atoms. The number of aliphatic carboxylic acids is 1. The molecule has 4 aliphatic carbocycles. The van der Waals surface area contributed by atoms with Crippen molar-refractivity contribution in [3.63, 3.8) is 0 Å². The van der Waals surface area contributed by atoms with E-state index >= 15 is 0 Å². The molecule has 0 aromatic carbocycles. The van der Waals surface area contributed by atoms with Gasteiger partial charge in [-0.25, -0.2) is 0 Å². The highest BCUT2D eigenvalue weighted by Gasteiger charge is 2.66. The summed E-state index contributed by atoms with van der Waals surface area (Å²) in [7, 11) is 0. The van der Waals surface area contributed by atoms with E-state index in [4.69, 9.17) is 0 Å². The van der Waals surface area contributed by atoms with E-state index in [2.05, 4.69) is 26.8 Å². The fourth-order valence-corrected chi connectivity index (χ4v) is 7.85. The summed E-state index contributed by atoms with van der Waals surface area (Å²) >= 11 is 0. The van der Waals surface area contributed by atoms with Crippen molar-refractivity contribution in [2.45, 2.75) is 84.3 Å². The molecule has 0 saturated heterocycles. The Morgan fingerprint density at radius 1 is 1.12 bits per heavy atom.